The van der Waals surface area contributed by atoms with Gasteiger partial charge in [0.2, 0.25) is 5.91 Å². The van der Waals surface area contributed by atoms with Crippen molar-refractivity contribution in [1.29, 1.82) is 0 Å². The molecule has 0 atom stereocenters. The average molecular weight is 352 g/mol. The Balaban J connectivity index is 1.83. The fraction of sp³-hybridized carbons (Fsp3) is 0.125. The molecule has 0 aliphatic carbocycles. The predicted molar refractivity (Wildman–Crippen MR) is 93.3 cm³/mol. The number of carbonyl (C=O) groups is 2. The van der Waals surface area contributed by atoms with Gasteiger partial charge in [-0.2, -0.15) is 0 Å². The van der Waals surface area contributed by atoms with Gasteiger partial charge in [-0.3, -0.25) is 4.79 Å². The van der Waals surface area contributed by atoms with Gasteiger partial charge in [0.15, 0.2) is 0 Å². The molecular formula is C16H15Cl2N3O2. The standard InChI is InChI=1S/C16H15Cl2N3O2/c1-10-2-5-12(6-3-10)20-16(23)19-9-15(22)21-14-8-11(17)4-7-13(14)18/h2-8H,9H2,1H3,(H,21,22)(H2,19,20,23). The number of amides is 3. The lowest BCUT2D eigenvalue weighted by Crippen LogP contribution is -2.35. The molecule has 2 aromatic rings. The maximum absolute atomic E-state index is 11.8. The molecule has 2 rings (SSSR count). The van der Waals surface area contributed by atoms with Gasteiger partial charge in [0, 0.05) is 10.7 Å². The first-order valence-electron chi connectivity index (χ1n) is 6.80. The van der Waals surface area contributed by atoms with Crippen molar-refractivity contribution in [3.63, 3.8) is 0 Å². The molecule has 3 N–H and O–H groups in total. The number of hydrogen-bond donors (Lipinski definition) is 3. The van der Waals surface area contributed by atoms with Crippen molar-refractivity contribution >= 4 is 46.5 Å². The van der Waals surface area contributed by atoms with Crippen LogP contribution in [0, 0.1) is 6.92 Å². The van der Waals surface area contributed by atoms with E-state index in [4.69, 9.17) is 23.2 Å². The Bertz CT molecular complexity index is 718. The second-order valence-electron chi connectivity index (χ2n) is 4.85. The van der Waals surface area contributed by atoms with E-state index in [0.29, 0.717) is 21.4 Å². The van der Waals surface area contributed by atoms with Crippen LogP contribution in [0.2, 0.25) is 10.0 Å². The molecule has 0 aliphatic heterocycles. The molecule has 0 saturated carbocycles. The second kappa shape index (κ2) is 7.85. The molecule has 0 unspecified atom stereocenters. The lowest BCUT2D eigenvalue weighted by Gasteiger charge is -2.10. The summed E-state index contributed by atoms with van der Waals surface area (Å²) in [6.07, 6.45) is 0. The number of carbonyl (C=O) groups excluding carboxylic acids is 2. The van der Waals surface area contributed by atoms with Crippen LogP contribution in [0.5, 0.6) is 0 Å². The van der Waals surface area contributed by atoms with Crippen LogP contribution >= 0.6 is 23.2 Å². The van der Waals surface area contributed by atoms with E-state index in [1.54, 1.807) is 24.3 Å². The zero-order valence-electron chi connectivity index (χ0n) is 12.3. The van der Waals surface area contributed by atoms with Crippen molar-refractivity contribution in [3.05, 3.63) is 58.1 Å². The van der Waals surface area contributed by atoms with Crippen LogP contribution in [0.1, 0.15) is 5.56 Å². The Kier molecular flexibility index (Phi) is 5.84. The van der Waals surface area contributed by atoms with Gasteiger partial charge in [-0.25, -0.2) is 4.79 Å². The summed E-state index contributed by atoms with van der Waals surface area (Å²) >= 11 is 11.8. The van der Waals surface area contributed by atoms with Crippen LogP contribution in [0.3, 0.4) is 0 Å². The third kappa shape index (κ3) is 5.47. The molecule has 7 heteroatoms. The fourth-order valence-electron chi connectivity index (χ4n) is 1.76. The van der Waals surface area contributed by atoms with Crippen LogP contribution in [0.4, 0.5) is 16.2 Å². The summed E-state index contributed by atoms with van der Waals surface area (Å²) in [4.78, 5) is 23.5. The Labute approximate surface area is 144 Å². The number of aryl methyl sites for hydroxylation is 1. The summed E-state index contributed by atoms with van der Waals surface area (Å²) < 4.78 is 0. The lowest BCUT2D eigenvalue weighted by molar-refractivity contribution is -0.115. The summed E-state index contributed by atoms with van der Waals surface area (Å²) in [6, 6.07) is 11.6. The number of benzene rings is 2. The van der Waals surface area contributed by atoms with Gasteiger partial charge in [0.25, 0.3) is 0 Å². The van der Waals surface area contributed by atoms with Gasteiger partial charge < -0.3 is 16.0 Å². The predicted octanol–water partition coefficient (Wildman–Crippen LogP) is 4.06. The molecule has 23 heavy (non-hydrogen) atoms. The third-order valence-corrected chi connectivity index (χ3v) is 3.49. The van der Waals surface area contributed by atoms with Crippen molar-refractivity contribution in [1.82, 2.24) is 5.32 Å². The minimum Gasteiger partial charge on any atom is -0.329 e. The van der Waals surface area contributed by atoms with Crippen molar-refractivity contribution in [2.45, 2.75) is 6.92 Å². The van der Waals surface area contributed by atoms with E-state index < -0.39 is 11.9 Å². The number of halogens is 2. The summed E-state index contributed by atoms with van der Waals surface area (Å²) in [7, 11) is 0. The normalized spacial score (nSPS) is 10.0. The molecule has 5 nitrogen and oxygen atoms in total. The van der Waals surface area contributed by atoms with Crippen LogP contribution in [0.25, 0.3) is 0 Å². The number of hydrogen-bond acceptors (Lipinski definition) is 2. The van der Waals surface area contributed by atoms with E-state index >= 15 is 0 Å². The smallest absolute Gasteiger partial charge is 0.319 e. The molecule has 0 aromatic heterocycles. The zero-order valence-corrected chi connectivity index (χ0v) is 13.8. The monoisotopic (exact) mass is 351 g/mol. The Morgan fingerprint density at radius 2 is 1.70 bits per heavy atom. The maximum Gasteiger partial charge on any atom is 0.319 e. The van der Waals surface area contributed by atoms with Gasteiger partial charge in [-0.15, -0.1) is 0 Å². The lowest BCUT2D eigenvalue weighted by atomic mass is 10.2. The highest BCUT2D eigenvalue weighted by Gasteiger charge is 2.08. The SMILES string of the molecule is Cc1ccc(NC(=O)NCC(=O)Nc2cc(Cl)ccc2Cl)cc1. The first-order chi connectivity index (χ1) is 10.9. The van der Waals surface area contributed by atoms with E-state index in [2.05, 4.69) is 16.0 Å². The molecule has 3 amide bonds. The number of nitrogens with one attached hydrogen (secondary N) is 3. The van der Waals surface area contributed by atoms with Gasteiger partial charge in [-0.05, 0) is 37.3 Å². The van der Waals surface area contributed by atoms with Gasteiger partial charge in [0.05, 0.1) is 17.3 Å². The average Bonchev–Trinajstić information content (AvgIpc) is 2.51. The second-order valence-corrected chi connectivity index (χ2v) is 5.69. The van der Waals surface area contributed by atoms with E-state index in [0.717, 1.165) is 5.56 Å². The van der Waals surface area contributed by atoms with E-state index in [1.165, 1.54) is 6.07 Å². The van der Waals surface area contributed by atoms with Gasteiger partial charge in [-0.1, -0.05) is 40.9 Å². The molecular weight excluding hydrogens is 337 g/mol. The van der Waals surface area contributed by atoms with Crippen molar-refractivity contribution in [2.75, 3.05) is 17.2 Å². The Morgan fingerprint density at radius 1 is 1.00 bits per heavy atom. The zero-order chi connectivity index (χ0) is 16.8. The van der Waals surface area contributed by atoms with E-state index in [1.807, 2.05) is 19.1 Å². The van der Waals surface area contributed by atoms with Crippen molar-refractivity contribution in [2.24, 2.45) is 0 Å². The first-order valence-corrected chi connectivity index (χ1v) is 7.56. The molecule has 0 saturated heterocycles. The number of anilines is 2. The number of urea groups is 1. The highest BCUT2D eigenvalue weighted by Crippen LogP contribution is 2.25. The summed E-state index contributed by atoms with van der Waals surface area (Å²) in [5, 5.41) is 8.49. The topological polar surface area (TPSA) is 70.2 Å². The Morgan fingerprint density at radius 3 is 2.39 bits per heavy atom. The van der Waals surface area contributed by atoms with Crippen LogP contribution < -0.4 is 16.0 Å². The van der Waals surface area contributed by atoms with Gasteiger partial charge in [0.1, 0.15) is 0 Å². The maximum atomic E-state index is 11.8. The molecule has 0 heterocycles. The largest absolute Gasteiger partial charge is 0.329 e. The van der Waals surface area contributed by atoms with Crippen LogP contribution in [-0.4, -0.2) is 18.5 Å². The van der Waals surface area contributed by atoms with Crippen LogP contribution in [-0.2, 0) is 4.79 Å². The van der Waals surface area contributed by atoms with E-state index in [9.17, 15) is 9.59 Å². The molecule has 0 bridgehead atoms. The minimum atomic E-state index is -0.471. The molecule has 2 aromatic carbocycles. The Hall–Kier alpha value is -2.24. The van der Waals surface area contributed by atoms with Gasteiger partial charge >= 0.3 is 6.03 Å². The molecule has 0 radical (unpaired) electrons. The number of rotatable bonds is 4. The minimum absolute atomic E-state index is 0.194. The molecule has 0 aliphatic rings. The van der Waals surface area contributed by atoms with E-state index in [-0.39, 0.29) is 6.54 Å². The fourth-order valence-corrected chi connectivity index (χ4v) is 2.10. The molecule has 0 fully saturated rings. The summed E-state index contributed by atoms with van der Waals surface area (Å²) in [5.74, 6) is -0.409. The molecule has 0 spiro atoms. The quantitative estimate of drug-likeness (QED) is 0.777. The highest BCUT2D eigenvalue weighted by molar-refractivity contribution is 6.35. The van der Waals surface area contributed by atoms with Crippen molar-refractivity contribution < 1.29 is 9.59 Å². The summed E-state index contributed by atoms with van der Waals surface area (Å²) in [6.45, 7) is 1.76. The summed E-state index contributed by atoms with van der Waals surface area (Å²) in [5.41, 5.74) is 2.13. The molecule has 120 valence electrons. The van der Waals surface area contributed by atoms with Crippen LogP contribution in [0.15, 0.2) is 42.5 Å². The van der Waals surface area contributed by atoms with Crippen molar-refractivity contribution in [3.8, 4) is 0 Å². The first kappa shape index (κ1) is 17.1. The third-order valence-electron chi connectivity index (χ3n) is 2.92. The highest BCUT2D eigenvalue weighted by atomic mass is 35.5.